The minimum atomic E-state index is 0.0607. The Morgan fingerprint density at radius 1 is 1.11 bits per heavy atom. The van der Waals surface area contributed by atoms with Crippen molar-refractivity contribution in [2.45, 2.75) is 37.4 Å². The number of halogens is 1. The van der Waals surface area contributed by atoms with Gasteiger partial charge in [0.1, 0.15) is 0 Å². The third kappa shape index (κ3) is 2.78. The van der Waals surface area contributed by atoms with E-state index in [1.807, 2.05) is 41.3 Å². The van der Waals surface area contributed by atoms with Gasteiger partial charge in [-0.25, -0.2) is 0 Å². The van der Waals surface area contributed by atoms with E-state index in [9.17, 15) is 9.90 Å². The smallest absolute Gasteiger partial charge is 0.230 e. The molecule has 3 atom stereocenters. The highest BCUT2D eigenvalue weighted by molar-refractivity contribution is 6.31. The van der Waals surface area contributed by atoms with Crippen LogP contribution in [0.5, 0.6) is 0 Å². The third-order valence-electron chi connectivity index (χ3n) is 6.33. The average Bonchev–Trinajstić information content (AvgIpc) is 3.52. The van der Waals surface area contributed by atoms with Gasteiger partial charge in [0, 0.05) is 47.7 Å². The number of carbonyl (C=O) groups is 1. The lowest BCUT2D eigenvalue weighted by Gasteiger charge is -2.59. The minimum absolute atomic E-state index is 0.0607. The molecule has 1 saturated carbocycles. The number of benzene rings is 2. The summed E-state index contributed by atoms with van der Waals surface area (Å²) >= 11 is 6.37. The van der Waals surface area contributed by atoms with Crippen molar-refractivity contribution in [1.29, 1.82) is 0 Å². The lowest BCUT2D eigenvalue weighted by molar-refractivity contribution is -0.121. The number of likely N-dealkylation sites (tertiary alicyclic amines) is 1. The molecule has 0 aromatic heterocycles. The molecule has 2 aliphatic heterocycles. The molecule has 0 radical (unpaired) electrons. The Morgan fingerprint density at radius 3 is 2.59 bits per heavy atom. The lowest BCUT2D eigenvalue weighted by atomic mass is 9.71. The molecular weight excluding hydrogens is 360 g/mol. The number of anilines is 1. The van der Waals surface area contributed by atoms with Crippen molar-refractivity contribution in [2.24, 2.45) is 5.92 Å². The fourth-order valence-corrected chi connectivity index (χ4v) is 4.98. The molecule has 1 aliphatic carbocycles. The Hall–Kier alpha value is -1.88. The zero-order valence-corrected chi connectivity index (χ0v) is 15.8. The van der Waals surface area contributed by atoms with Gasteiger partial charge in [-0.3, -0.25) is 9.69 Å². The fraction of sp³-hybridized carbons (Fsp3) is 0.409. The molecule has 3 aliphatic rings. The first kappa shape index (κ1) is 17.2. The van der Waals surface area contributed by atoms with E-state index in [0.29, 0.717) is 13.1 Å². The number of rotatable bonds is 4. The van der Waals surface area contributed by atoms with Crippen molar-refractivity contribution in [3.8, 4) is 0 Å². The maximum Gasteiger partial charge on any atom is 0.230 e. The highest BCUT2D eigenvalue weighted by Gasteiger charge is 2.53. The van der Waals surface area contributed by atoms with Crippen LogP contribution in [-0.4, -0.2) is 41.1 Å². The molecule has 1 amide bonds. The summed E-state index contributed by atoms with van der Waals surface area (Å²) in [6, 6.07) is 16.3. The molecule has 5 heteroatoms. The Labute approximate surface area is 164 Å². The number of para-hydroxylation sites is 1. The van der Waals surface area contributed by atoms with Crippen LogP contribution >= 0.6 is 11.6 Å². The number of hydrogen-bond acceptors (Lipinski definition) is 3. The van der Waals surface area contributed by atoms with E-state index in [1.165, 1.54) is 5.56 Å². The van der Waals surface area contributed by atoms with Crippen molar-refractivity contribution in [1.82, 2.24) is 4.90 Å². The number of nitrogens with zero attached hydrogens (tertiary/aromatic N) is 2. The first-order chi connectivity index (χ1) is 13.2. The van der Waals surface area contributed by atoms with Crippen molar-refractivity contribution in [2.75, 3.05) is 18.1 Å². The van der Waals surface area contributed by atoms with Crippen molar-refractivity contribution in [3.05, 3.63) is 64.7 Å². The van der Waals surface area contributed by atoms with E-state index < -0.39 is 0 Å². The highest BCUT2D eigenvalue weighted by atomic mass is 35.5. The van der Waals surface area contributed by atoms with E-state index >= 15 is 0 Å². The van der Waals surface area contributed by atoms with Gasteiger partial charge in [0.2, 0.25) is 5.91 Å². The van der Waals surface area contributed by atoms with Crippen molar-refractivity contribution < 1.29 is 9.90 Å². The normalized spacial score (nSPS) is 26.9. The zero-order chi connectivity index (χ0) is 18.5. The first-order valence-corrected chi connectivity index (χ1v) is 10.1. The molecule has 2 fully saturated rings. The SMILES string of the molecule is O=C(C1CC1)N1C[C@H]2[C@@H](c3ccccc31)[C@H](CO)N2Cc1ccccc1Cl. The fourth-order valence-electron chi connectivity index (χ4n) is 4.78. The lowest BCUT2D eigenvalue weighted by Crippen LogP contribution is -2.68. The molecule has 0 spiro atoms. The molecule has 1 N–H and O–H groups in total. The van der Waals surface area contributed by atoms with Crippen LogP contribution in [0.2, 0.25) is 5.02 Å². The zero-order valence-electron chi connectivity index (χ0n) is 15.1. The summed E-state index contributed by atoms with van der Waals surface area (Å²) < 4.78 is 0. The Morgan fingerprint density at radius 2 is 1.85 bits per heavy atom. The molecule has 5 rings (SSSR count). The summed E-state index contributed by atoms with van der Waals surface area (Å²) in [5, 5.41) is 10.8. The topological polar surface area (TPSA) is 43.8 Å². The number of aliphatic hydroxyl groups excluding tert-OH is 1. The largest absolute Gasteiger partial charge is 0.395 e. The Kier molecular flexibility index (Phi) is 4.23. The molecule has 2 heterocycles. The van der Waals surface area contributed by atoms with E-state index in [4.69, 9.17) is 11.6 Å². The molecule has 0 bridgehead atoms. The van der Waals surface area contributed by atoms with Crippen LogP contribution in [0.1, 0.15) is 29.9 Å². The summed E-state index contributed by atoms with van der Waals surface area (Å²) in [6.45, 7) is 1.49. The van der Waals surface area contributed by atoms with Crippen LogP contribution in [-0.2, 0) is 11.3 Å². The highest BCUT2D eigenvalue weighted by Crippen LogP contribution is 2.49. The molecule has 2 aromatic carbocycles. The molecule has 0 unspecified atom stereocenters. The number of hydrogen-bond donors (Lipinski definition) is 1. The summed E-state index contributed by atoms with van der Waals surface area (Å²) in [5.74, 6) is 0.711. The second-order valence-electron chi connectivity index (χ2n) is 7.89. The van der Waals surface area contributed by atoms with Crippen LogP contribution in [0, 0.1) is 5.92 Å². The third-order valence-corrected chi connectivity index (χ3v) is 6.70. The molecule has 2 aromatic rings. The van der Waals surface area contributed by atoms with Gasteiger partial charge in [-0.1, -0.05) is 48.0 Å². The summed E-state index contributed by atoms with van der Waals surface area (Å²) in [7, 11) is 0. The second-order valence-corrected chi connectivity index (χ2v) is 8.30. The molecular formula is C22H23ClN2O2. The summed E-state index contributed by atoms with van der Waals surface area (Å²) in [6.07, 6.45) is 2.02. The van der Waals surface area contributed by atoms with Crippen molar-refractivity contribution >= 4 is 23.2 Å². The van der Waals surface area contributed by atoms with Gasteiger partial charge in [-0.2, -0.15) is 0 Å². The van der Waals surface area contributed by atoms with Crippen LogP contribution < -0.4 is 4.90 Å². The maximum absolute atomic E-state index is 12.9. The molecule has 140 valence electrons. The van der Waals surface area contributed by atoms with Gasteiger partial charge in [-0.15, -0.1) is 0 Å². The van der Waals surface area contributed by atoms with E-state index in [1.54, 1.807) is 0 Å². The standard InChI is InChI=1S/C22H23ClN2O2/c23-17-7-3-1-5-15(17)11-24-19-12-25(22(27)14-9-10-14)18-8-4-2-6-16(18)21(19)20(24)13-26/h1-8,14,19-21,26H,9-13H2/t19-,20-,21+/m0/s1. The Balaban J connectivity index is 1.48. The van der Waals surface area contributed by atoms with Crippen LogP contribution in [0.15, 0.2) is 48.5 Å². The van der Waals surface area contributed by atoms with Gasteiger partial charge < -0.3 is 10.0 Å². The van der Waals surface area contributed by atoms with E-state index in [0.717, 1.165) is 29.1 Å². The van der Waals surface area contributed by atoms with E-state index in [2.05, 4.69) is 17.0 Å². The number of aliphatic hydroxyl groups is 1. The number of carbonyl (C=O) groups excluding carboxylic acids is 1. The van der Waals surface area contributed by atoms with Crippen LogP contribution in [0.4, 0.5) is 5.69 Å². The summed E-state index contributed by atoms with van der Waals surface area (Å²) in [5.41, 5.74) is 3.29. The minimum Gasteiger partial charge on any atom is -0.395 e. The van der Waals surface area contributed by atoms with Gasteiger partial charge in [-0.05, 0) is 36.1 Å². The van der Waals surface area contributed by atoms with Gasteiger partial charge >= 0.3 is 0 Å². The quantitative estimate of drug-likeness (QED) is 0.881. The molecule has 1 saturated heterocycles. The predicted octanol–water partition coefficient (Wildman–Crippen LogP) is 3.43. The van der Waals surface area contributed by atoms with Gasteiger partial charge in [0.25, 0.3) is 0 Å². The van der Waals surface area contributed by atoms with E-state index in [-0.39, 0.29) is 36.4 Å². The predicted molar refractivity (Wildman–Crippen MR) is 106 cm³/mol. The van der Waals surface area contributed by atoms with Crippen LogP contribution in [0.25, 0.3) is 0 Å². The summed E-state index contributed by atoms with van der Waals surface area (Å²) in [4.78, 5) is 17.2. The number of fused-ring (bicyclic) bond motifs is 3. The van der Waals surface area contributed by atoms with Gasteiger partial charge in [0.05, 0.1) is 6.61 Å². The van der Waals surface area contributed by atoms with Crippen LogP contribution in [0.3, 0.4) is 0 Å². The first-order valence-electron chi connectivity index (χ1n) is 9.69. The Bertz CT molecular complexity index is 882. The van der Waals surface area contributed by atoms with Gasteiger partial charge in [0.15, 0.2) is 0 Å². The van der Waals surface area contributed by atoms with Crippen molar-refractivity contribution in [3.63, 3.8) is 0 Å². The number of amides is 1. The second kappa shape index (κ2) is 6.62. The monoisotopic (exact) mass is 382 g/mol. The molecule has 27 heavy (non-hydrogen) atoms. The average molecular weight is 383 g/mol. The maximum atomic E-state index is 12.9. The molecule has 4 nitrogen and oxygen atoms in total.